The molecule has 0 aliphatic heterocycles. The number of carbonyl (C=O) groups is 2. The van der Waals surface area contributed by atoms with Gasteiger partial charge in [0.2, 0.25) is 0 Å². The number of benzene rings is 2. The highest BCUT2D eigenvalue weighted by atomic mass is 19.1. The highest BCUT2D eigenvalue weighted by molar-refractivity contribution is 5.98. The third-order valence-corrected chi connectivity index (χ3v) is 3.72. The molecule has 0 radical (unpaired) electrons. The zero-order valence-corrected chi connectivity index (χ0v) is 14.6. The van der Waals surface area contributed by atoms with Crippen molar-refractivity contribution in [3.8, 4) is 0 Å². The molecule has 0 spiro atoms. The van der Waals surface area contributed by atoms with Crippen molar-refractivity contribution in [3.05, 3.63) is 77.1 Å². The molecule has 0 saturated heterocycles. The van der Waals surface area contributed by atoms with Gasteiger partial charge in [-0.15, -0.1) is 0 Å². The topological polar surface area (TPSA) is 43.4 Å². The van der Waals surface area contributed by atoms with Crippen LogP contribution in [0.1, 0.15) is 42.3 Å². The van der Waals surface area contributed by atoms with E-state index in [0.717, 1.165) is 11.6 Å². The molecule has 0 fully saturated rings. The van der Waals surface area contributed by atoms with Crippen LogP contribution in [-0.2, 0) is 14.9 Å². The molecule has 0 atom stereocenters. The van der Waals surface area contributed by atoms with E-state index < -0.39 is 11.8 Å². The molecule has 25 heavy (non-hydrogen) atoms. The van der Waals surface area contributed by atoms with Crippen LogP contribution < -0.4 is 0 Å². The molecule has 0 aromatic heterocycles. The molecule has 0 heterocycles. The molecule has 0 N–H and O–H groups in total. The van der Waals surface area contributed by atoms with Crippen molar-refractivity contribution in [3.63, 3.8) is 0 Å². The van der Waals surface area contributed by atoms with Gasteiger partial charge in [-0.25, -0.2) is 9.18 Å². The van der Waals surface area contributed by atoms with Gasteiger partial charge in [-0.05, 0) is 23.1 Å². The summed E-state index contributed by atoms with van der Waals surface area (Å²) in [5.41, 5.74) is 1.89. The summed E-state index contributed by atoms with van der Waals surface area (Å²) in [5, 5.41) is 0. The Morgan fingerprint density at radius 3 is 2.28 bits per heavy atom. The maximum atomic E-state index is 13.4. The number of esters is 1. The normalized spacial score (nSPS) is 11.5. The summed E-state index contributed by atoms with van der Waals surface area (Å²) in [6.07, 6.45) is 2.43. The van der Waals surface area contributed by atoms with Crippen LogP contribution in [0.5, 0.6) is 0 Å². The summed E-state index contributed by atoms with van der Waals surface area (Å²) >= 11 is 0. The summed E-state index contributed by atoms with van der Waals surface area (Å²) in [4.78, 5) is 23.7. The van der Waals surface area contributed by atoms with Gasteiger partial charge >= 0.3 is 5.97 Å². The van der Waals surface area contributed by atoms with Crippen LogP contribution in [0.4, 0.5) is 4.39 Å². The second-order valence-corrected chi connectivity index (χ2v) is 6.71. The van der Waals surface area contributed by atoms with E-state index in [1.54, 1.807) is 30.3 Å². The van der Waals surface area contributed by atoms with Crippen molar-refractivity contribution in [2.75, 3.05) is 6.61 Å². The number of hydrogen-bond donors (Lipinski definition) is 0. The fourth-order valence-corrected chi connectivity index (χ4v) is 2.19. The number of halogens is 1. The van der Waals surface area contributed by atoms with Crippen molar-refractivity contribution in [1.82, 2.24) is 0 Å². The SMILES string of the molecule is CC(C)(C)c1ccc(C(=O)COC(=O)/C=C/c2ccccc2F)cc1. The Hall–Kier alpha value is -2.75. The fraction of sp³-hybridized carbons (Fsp3) is 0.238. The Morgan fingerprint density at radius 1 is 1.04 bits per heavy atom. The van der Waals surface area contributed by atoms with Gasteiger partial charge in [0.25, 0.3) is 0 Å². The zero-order chi connectivity index (χ0) is 18.4. The second-order valence-electron chi connectivity index (χ2n) is 6.71. The molecule has 0 amide bonds. The van der Waals surface area contributed by atoms with Crippen LogP contribution in [0.3, 0.4) is 0 Å². The molecular weight excluding hydrogens is 319 g/mol. The van der Waals surface area contributed by atoms with Gasteiger partial charge in [0.1, 0.15) is 5.82 Å². The van der Waals surface area contributed by atoms with Crippen LogP contribution in [0.15, 0.2) is 54.6 Å². The molecule has 0 unspecified atom stereocenters. The van der Waals surface area contributed by atoms with Gasteiger partial charge in [-0.2, -0.15) is 0 Å². The maximum Gasteiger partial charge on any atom is 0.331 e. The molecule has 3 nitrogen and oxygen atoms in total. The first kappa shape index (κ1) is 18.6. The number of carbonyl (C=O) groups excluding carboxylic acids is 2. The Bertz CT molecular complexity index is 784. The smallest absolute Gasteiger partial charge is 0.331 e. The third kappa shape index (κ3) is 5.38. The van der Waals surface area contributed by atoms with E-state index in [9.17, 15) is 14.0 Å². The van der Waals surface area contributed by atoms with Gasteiger partial charge in [0.15, 0.2) is 12.4 Å². The van der Waals surface area contributed by atoms with E-state index in [1.165, 1.54) is 12.1 Å². The van der Waals surface area contributed by atoms with Gasteiger partial charge in [0.05, 0.1) is 0 Å². The highest BCUT2D eigenvalue weighted by Crippen LogP contribution is 2.22. The van der Waals surface area contributed by atoms with Crippen LogP contribution in [0.2, 0.25) is 0 Å². The van der Waals surface area contributed by atoms with Gasteiger partial charge in [0, 0.05) is 17.2 Å². The summed E-state index contributed by atoms with van der Waals surface area (Å²) in [7, 11) is 0. The molecular formula is C21H21FO3. The fourth-order valence-electron chi connectivity index (χ4n) is 2.19. The Morgan fingerprint density at radius 2 is 1.68 bits per heavy atom. The van der Waals surface area contributed by atoms with Crippen molar-refractivity contribution in [2.45, 2.75) is 26.2 Å². The average molecular weight is 340 g/mol. The quantitative estimate of drug-likeness (QED) is 0.455. The molecule has 0 aliphatic carbocycles. The van der Waals surface area contributed by atoms with Crippen molar-refractivity contribution >= 4 is 17.8 Å². The molecule has 2 rings (SSSR count). The summed E-state index contributed by atoms with van der Waals surface area (Å²) in [5.74, 6) is -1.41. The lowest BCUT2D eigenvalue weighted by Crippen LogP contribution is -2.14. The van der Waals surface area contributed by atoms with Gasteiger partial charge < -0.3 is 4.74 Å². The lowest BCUT2D eigenvalue weighted by molar-refractivity contribution is -0.136. The molecule has 2 aromatic rings. The number of hydrogen-bond acceptors (Lipinski definition) is 3. The predicted molar refractivity (Wildman–Crippen MR) is 95.9 cm³/mol. The van der Waals surface area contributed by atoms with Crippen molar-refractivity contribution in [1.29, 1.82) is 0 Å². The van der Waals surface area contributed by atoms with E-state index in [0.29, 0.717) is 5.56 Å². The standard InChI is InChI=1S/C21H21FO3/c1-21(2,3)17-11-8-16(9-12-17)19(23)14-25-20(24)13-10-15-6-4-5-7-18(15)22/h4-13H,14H2,1-3H3/b13-10+. The Kier molecular flexibility index (Phi) is 5.86. The number of rotatable bonds is 5. The number of ketones is 1. The minimum Gasteiger partial charge on any atom is -0.454 e. The van der Waals surface area contributed by atoms with Crippen molar-refractivity contribution in [2.24, 2.45) is 0 Å². The number of Topliss-reactive ketones (excluding diaryl/α,β-unsaturated/α-hetero) is 1. The van der Waals surface area contributed by atoms with Gasteiger partial charge in [-0.1, -0.05) is 63.2 Å². The van der Waals surface area contributed by atoms with Crippen LogP contribution in [0, 0.1) is 5.82 Å². The molecule has 0 saturated carbocycles. The summed E-state index contributed by atoms with van der Waals surface area (Å²) in [6, 6.07) is 13.3. The van der Waals surface area contributed by atoms with Crippen LogP contribution in [-0.4, -0.2) is 18.4 Å². The van der Waals surface area contributed by atoms with Gasteiger partial charge in [-0.3, -0.25) is 4.79 Å². The number of ether oxygens (including phenoxy) is 1. The lowest BCUT2D eigenvalue weighted by Gasteiger charge is -2.18. The molecule has 4 heteroatoms. The first-order chi connectivity index (χ1) is 11.8. The zero-order valence-electron chi connectivity index (χ0n) is 14.6. The van der Waals surface area contributed by atoms with E-state index >= 15 is 0 Å². The Balaban J connectivity index is 1.91. The lowest BCUT2D eigenvalue weighted by atomic mass is 9.86. The van der Waals surface area contributed by atoms with E-state index in [1.807, 2.05) is 12.1 Å². The second kappa shape index (κ2) is 7.88. The monoisotopic (exact) mass is 340 g/mol. The highest BCUT2D eigenvalue weighted by Gasteiger charge is 2.14. The summed E-state index contributed by atoms with van der Waals surface area (Å²) in [6.45, 7) is 5.92. The molecule has 0 aliphatic rings. The average Bonchev–Trinajstić information content (AvgIpc) is 2.58. The van der Waals surface area contributed by atoms with Crippen LogP contribution >= 0.6 is 0 Å². The maximum absolute atomic E-state index is 13.4. The minimum absolute atomic E-state index is 0.00551. The Labute approximate surface area is 147 Å². The molecule has 130 valence electrons. The first-order valence-electron chi connectivity index (χ1n) is 8.00. The van der Waals surface area contributed by atoms with Crippen molar-refractivity contribution < 1.29 is 18.7 Å². The van der Waals surface area contributed by atoms with E-state index in [2.05, 4.69) is 20.8 Å². The first-order valence-corrected chi connectivity index (χ1v) is 8.00. The predicted octanol–water partition coefficient (Wildman–Crippen LogP) is 4.56. The van der Waals surface area contributed by atoms with E-state index in [-0.39, 0.29) is 23.4 Å². The van der Waals surface area contributed by atoms with Crippen LogP contribution in [0.25, 0.3) is 6.08 Å². The summed E-state index contributed by atoms with van der Waals surface area (Å²) < 4.78 is 18.4. The largest absolute Gasteiger partial charge is 0.454 e. The van der Waals surface area contributed by atoms with E-state index in [4.69, 9.17) is 4.74 Å². The molecule has 0 bridgehead atoms. The third-order valence-electron chi connectivity index (χ3n) is 3.72. The minimum atomic E-state index is -0.692. The molecule has 2 aromatic carbocycles.